The second-order valence-corrected chi connectivity index (χ2v) is 5.41. The fourth-order valence-electron chi connectivity index (χ4n) is 1.81. The average molecular weight is 405 g/mol. The second kappa shape index (κ2) is 5.89. The van der Waals surface area contributed by atoms with E-state index in [9.17, 15) is 13.6 Å². The molecule has 0 radical (unpaired) electrons. The van der Waals surface area contributed by atoms with E-state index in [1.165, 1.54) is 6.07 Å². The summed E-state index contributed by atoms with van der Waals surface area (Å²) >= 11 is 1.88. The number of alkyl halides is 2. The lowest BCUT2D eigenvalue weighted by Gasteiger charge is -2.19. The van der Waals surface area contributed by atoms with Gasteiger partial charge in [0.15, 0.2) is 0 Å². The number of ether oxygens (including phenoxy) is 1. The molecule has 2 rings (SSSR count). The van der Waals surface area contributed by atoms with E-state index in [0.29, 0.717) is 0 Å². The van der Waals surface area contributed by atoms with E-state index in [1.54, 1.807) is 0 Å². The molecule has 1 aromatic rings. The highest BCUT2D eigenvalue weighted by Crippen LogP contribution is 2.42. The highest BCUT2D eigenvalue weighted by molar-refractivity contribution is 14.2. The first-order valence-electron chi connectivity index (χ1n) is 5.22. The van der Waals surface area contributed by atoms with Gasteiger partial charge in [-0.05, 0) is 6.07 Å². The molecule has 2 atom stereocenters. The van der Waals surface area contributed by atoms with Crippen LogP contribution in [0.3, 0.4) is 0 Å². The topological polar surface area (TPSA) is 79.4 Å². The van der Waals surface area contributed by atoms with Crippen LogP contribution in [0.1, 0.15) is 12.6 Å². The van der Waals surface area contributed by atoms with E-state index >= 15 is 0 Å². The number of halogens is 3. The smallest absolute Gasteiger partial charge is 0.351 e. The van der Waals surface area contributed by atoms with Crippen molar-refractivity contribution in [3.05, 3.63) is 22.7 Å². The molecule has 106 valence electrons. The molecule has 0 spiro atoms. The van der Waals surface area contributed by atoms with Crippen LogP contribution in [-0.4, -0.2) is 28.2 Å². The molecule has 1 fully saturated rings. The minimum absolute atomic E-state index is 0.0243. The largest absolute Gasteiger partial charge is 0.383 e. The average Bonchev–Trinajstić information content (AvgIpc) is 2.62. The van der Waals surface area contributed by atoms with Crippen molar-refractivity contribution in [1.82, 2.24) is 9.55 Å². The monoisotopic (exact) mass is 405 g/mol. The van der Waals surface area contributed by atoms with Crippen molar-refractivity contribution in [2.75, 3.05) is 12.3 Å². The summed E-state index contributed by atoms with van der Waals surface area (Å²) in [5.41, 5.74) is 4.44. The third-order valence-corrected chi connectivity index (χ3v) is 3.57. The van der Waals surface area contributed by atoms with E-state index in [1.807, 2.05) is 21.2 Å². The predicted molar refractivity (Wildman–Crippen MR) is 73.9 cm³/mol. The summed E-state index contributed by atoms with van der Waals surface area (Å²) in [4.78, 5) is 15.0. The predicted octanol–water partition coefficient (Wildman–Crippen LogP) is 1.76. The van der Waals surface area contributed by atoms with Gasteiger partial charge in [0.1, 0.15) is 5.82 Å². The lowest BCUT2D eigenvalue weighted by Crippen LogP contribution is -2.35. The van der Waals surface area contributed by atoms with Crippen molar-refractivity contribution >= 4 is 36.2 Å². The number of anilines is 1. The van der Waals surface area contributed by atoms with E-state index < -0.39 is 30.4 Å². The Morgan fingerprint density at radius 3 is 3.11 bits per heavy atom. The summed E-state index contributed by atoms with van der Waals surface area (Å²) in [6.45, 7) is 0.0247. The third-order valence-electron chi connectivity index (χ3n) is 2.59. The quantitative estimate of drug-likeness (QED) is 0.608. The molecule has 2 unspecified atom stereocenters. The van der Waals surface area contributed by atoms with Gasteiger partial charge in [-0.15, -0.1) is 0 Å². The molecule has 1 saturated heterocycles. The zero-order valence-corrected chi connectivity index (χ0v) is 12.4. The van der Waals surface area contributed by atoms with Gasteiger partial charge in [-0.3, -0.25) is 4.57 Å². The maximum atomic E-state index is 13.8. The molecule has 19 heavy (non-hydrogen) atoms. The first-order valence-corrected chi connectivity index (χ1v) is 8.50. The van der Waals surface area contributed by atoms with Crippen molar-refractivity contribution in [2.45, 2.75) is 24.7 Å². The third kappa shape index (κ3) is 3.35. The molecule has 1 aromatic heterocycles. The SMILES string of the molecule is Nc1ccn(C2OC(COSI)CC2(F)F)c(=O)n1. The molecule has 6 nitrogen and oxygen atoms in total. The zero-order chi connectivity index (χ0) is 14.0. The maximum absolute atomic E-state index is 13.8. The Morgan fingerprint density at radius 2 is 2.47 bits per heavy atom. The van der Waals surface area contributed by atoms with Gasteiger partial charge in [0.2, 0.25) is 6.23 Å². The molecular weight excluding hydrogens is 395 g/mol. The summed E-state index contributed by atoms with van der Waals surface area (Å²) in [6.07, 6.45) is -1.81. The zero-order valence-electron chi connectivity index (χ0n) is 9.46. The van der Waals surface area contributed by atoms with Crippen LogP contribution in [0.5, 0.6) is 0 Å². The Bertz CT molecular complexity index is 516. The number of nitrogens with zero attached hydrogens (tertiary/aromatic N) is 2. The van der Waals surface area contributed by atoms with Gasteiger partial charge in [-0.25, -0.2) is 13.6 Å². The standard InChI is InChI=1S/C9H10F2IN3O3S/c10-9(11)3-5(4-17-19-12)18-7(9)15-2-1-6(13)14-8(15)16/h1-2,5,7H,3-4H2,(H2,13,14,16). The molecule has 1 aliphatic rings. The fourth-order valence-corrected chi connectivity index (χ4v) is 2.45. The summed E-state index contributed by atoms with van der Waals surface area (Å²) in [5.74, 6) is -3.19. The Kier molecular flexibility index (Phi) is 4.63. The highest BCUT2D eigenvalue weighted by atomic mass is 127. The number of nitrogens with two attached hydrogens (primary N) is 1. The van der Waals surface area contributed by atoms with Gasteiger partial charge in [-0.2, -0.15) is 4.98 Å². The van der Waals surface area contributed by atoms with Crippen molar-refractivity contribution < 1.29 is 17.7 Å². The Labute approximate surface area is 123 Å². The fraction of sp³-hybridized carbons (Fsp3) is 0.556. The van der Waals surface area contributed by atoms with Crippen LogP contribution in [0.4, 0.5) is 14.6 Å². The molecule has 0 saturated carbocycles. The van der Waals surface area contributed by atoms with E-state index in [0.717, 1.165) is 20.0 Å². The number of hydrogen-bond acceptors (Lipinski definition) is 6. The minimum Gasteiger partial charge on any atom is -0.383 e. The van der Waals surface area contributed by atoms with Crippen LogP contribution < -0.4 is 11.4 Å². The van der Waals surface area contributed by atoms with Crippen LogP contribution in [0.15, 0.2) is 17.1 Å². The van der Waals surface area contributed by atoms with Crippen molar-refractivity contribution in [2.24, 2.45) is 0 Å². The number of rotatable bonds is 4. The van der Waals surface area contributed by atoms with Crippen LogP contribution in [0.2, 0.25) is 0 Å². The maximum Gasteiger partial charge on any atom is 0.351 e. The van der Waals surface area contributed by atoms with E-state index in [-0.39, 0.29) is 12.4 Å². The van der Waals surface area contributed by atoms with Crippen LogP contribution in [0.25, 0.3) is 0 Å². The van der Waals surface area contributed by atoms with Crippen LogP contribution in [-0.2, 0) is 8.92 Å². The minimum atomic E-state index is -3.16. The molecule has 1 aliphatic heterocycles. The lowest BCUT2D eigenvalue weighted by molar-refractivity contribution is -0.119. The number of hydrogen-bond donors (Lipinski definition) is 1. The molecule has 0 bridgehead atoms. The van der Waals surface area contributed by atoms with Gasteiger partial charge < -0.3 is 14.7 Å². The first-order chi connectivity index (χ1) is 8.94. The Hall–Kier alpha value is -0.460. The van der Waals surface area contributed by atoms with Gasteiger partial charge >= 0.3 is 5.69 Å². The van der Waals surface area contributed by atoms with E-state index in [2.05, 4.69) is 4.98 Å². The number of nitrogen functional groups attached to an aromatic ring is 1. The summed E-state index contributed by atoms with van der Waals surface area (Å²) in [6, 6.07) is 1.27. The van der Waals surface area contributed by atoms with Crippen molar-refractivity contribution in [3.8, 4) is 0 Å². The molecule has 0 aromatic carbocycles. The van der Waals surface area contributed by atoms with Crippen molar-refractivity contribution in [3.63, 3.8) is 0 Å². The van der Waals surface area contributed by atoms with Gasteiger partial charge in [0.25, 0.3) is 5.92 Å². The van der Waals surface area contributed by atoms with E-state index in [4.69, 9.17) is 14.7 Å². The Morgan fingerprint density at radius 1 is 1.74 bits per heavy atom. The van der Waals surface area contributed by atoms with Gasteiger partial charge in [0, 0.05) is 33.8 Å². The summed E-state index contributed by atoms with van der Waals surface area (Å²) in [5, 5.41) is 0. The summed E-state index contributed by atoms with van der Waals surface area (Å²) < 4.78 is 38.6. The van der Waals surface area contributed by atoms with Gasteiger partial charge in [0.05, 0.1) is 21.9 Å². The second-order valence-electron chi connectivity index (χ2n) is 3.97. The van der Waals surface area contributed by atoms with Crippen LogP contribution >= 0.6 is 30.4 Å². The van der Waals surface area contributed by atoms with Crippen molar-refractivity contribution in [1.29, 1.82) is 0 Å². The molecule has 10 heteroatoms. The van der Waals surface area contributed by atoms with Crippen LogP contribution in [0, 0.1) is 0 Å². The lowest BCUT2D eigenvalue weighted by atomic mass is 10.2. The molecular formula is C9H10F2IN3O3S. The first kappa shape index (κ1) is 14.9. The molecule has 2 N–H and O–H groups in total. The molecule has 0 amide bonds. The molecule has 2 heterocycles. The van der Waals surface area contributed by atoms with Gasteiger partial charge in [-0.1, -0.05) is 0 Å². The highest BCUT2D eigenvalue weighted by Gasteiger charge is 2.51. The molecule has 0 aliphatic carbocycles. The number of aromatic nitrogens is 2. The summed E-state index contributed by atoms with van der Waals surface area (Å²) in [7, 11) is 1.04. The normalized spacial score (nSPS) is 25.6. The Balaban J connectivity index is 2.21.